The summed E-state index contributed by atoms with van der Waals surface area (Å²) in [7, 11) is 0. The predicted molar refractivity (Wildman–Crippen MR) is 65.2 cm³/mol. The molecule has 0 aliphatic carbocycles. The summed E-state index contributed by atoms with van der Waals surface area (Å²) in [5.41, 5.74) is 5.98. The van der Waals surface area contributed by atoms with E-state index in [1.54, 1.807) is 6.07 Å². The van der Waals surface area contributed by atoms with E-state index in [-0.39, 0.29) is 23.5 Å². The number of hydrogen-bond donors (Lipinski definition) is 1. The summed E-state index contributed by atoms with van der Waals surface area (Å²) in [6.45, 7) is 0. The van der Waals surface area contributed by atoms with E-state index in [2.05, 4.69) is 0 Å². The minimum Gasteiger partial charge on any atom is -0.396 e. The van der Waals surface area contributed by atoms with E-state index in [0.29, 0.717) is 5.56 Å². The maximum Gasteiger partial charge on any atom is 0.169 e. The van der Waals surface area contributed by atoms with Gasteiger partial charge in [-0.3, -0.25) is 4.79 Å². The maximum absolute atomic E-state index is 13.2. The van der Waals surface area contributed by atoms with Crippen molar-refractivity contribution in [3.8, 4) is 0 Å². The van der Waals surface area contributed by atoms with Gasteiger partial charge in [-0.25, -0.2) is 8.78 Å². The van der Waals surface area contributed by atoms with Gasteiger partial charge in [0.15, 0.2) is 5.78 Å². The highest BCUT2D eigenvalue weighted by Crippen LogP contribution is 2.18. The van der Waals surface area contributed by atoms with Crippen LogP contribution in [0.4, 0.5) is 14.5 Å². The molecule has 0 saturated heterocycles. The van der Waals surface area contributed by atoms with Gasteiger partial charge in [0.2, 0.25) is 0 Å². The molecule has 0 heterocycles. The van der Waals surface area contributed by atoms with E-state index in [9.17, 15) is 13.6 Å². The zero-order valence-electron chi connectivity index (χ0n) is 9.49. The molecule has 0 radical (unpaired) electrons. The Hall–Kier alpha value is -2.23. The molecule has 0 fully saturated rings. The molecular formula is C14H11F2NO. The summed E-state index contributed by atoms with van der Waals surface area (Å²) >= 11 is 0. The molecule has 0 aromatic heterocycles. The minimum atomic E-state index is -0.625. The Morgan fingerprint density at radius 1 is 1.11 bits per heavy atom. The van der Waals surface area contributed by atoms with Gasteiger partial charge in [0.1, 0.15) is 11.6 Å². The molecule has 0 unspecified atom stereocenters. The normalized spacial score (nSPS) is 10.3. The fraction of sp³-hybridized carbons (Fsp3) is 0.0714. The highest BCUT2D eigenvalue weighted by Gasteiger charge is 2.13. The third-order valence-electron chi connectivity index (χ3n) is 2.61. The second-order valence-corrected chi connectivity index (χ2v) is 3.93. The zero-order chi connectivity index (χ0) is 13.1. The van der Waals surface area contributed by atoms with Crippen LogP contribution in [0.25, 0.3) is 0 Å². The van der Waals surface area contributed by atoms with Gasteiger partial charge in [-0.2, -0.15) is 0 Å². The van der Waals surface area contributed by atoms with Crippen LogP contribution in [-0.4, -0.2) is 5.78 Å². The lowest BCUT2D eigenvalue weighted by Crippen LogP contribution is -2.08. The summed E-state index contributed by atoms with van der Waals surface area (Å²) in [6, 6.07) is 9.79. The molecule has 2 rings (SSSR count). The number of ketones is 1. The summed E-state index contributed by atoms with van der Waals surface area (Å²) in [5, 5.41) is 0. The Bertz CT molecular complexity index is 596. The van der Waals surface area contributed by atoms with Crippen molar-refractivity contribution < 1.29 is 13.6 Å². The fourth-order valence-corrected chi connectivity index (χ4v) is 1.71. The third-order valence-corrected chi connectivity index (χ3v) is 2.61. The molecule has 0 bridgehead atoms. The number of rotatable bonds is 3. The fourth-order valence-electron chi connectivity index (χ4n) is 1.71. The SMILES string of the molecule is Nc1c(F)cccc1C(=O)Cc1cccc(F)c1. The Labute approximate surface area is 103 Å². The largest absolute Gasteiger partial charge is 0.396 e. The lowest BCUT2D eigenvalue weighted by Gasteiger charge is -2.05. The quantitative estimate of drug-likeness (QED) is 0.669. The van der Waals surface area contributed by atoms with Crippen molar-refractivity contribution in [3.05, 3.63) is 65.2 Å². The van der Waals surface area contributed by atoms with Gasteiger partial charge >= 0.3 is 0 Å². The monoisotopic (exact) mass is 247 g/mol. The van der Waals surface area contributed by atoms with Gasteiger partial charge in [0.05, 0.1) is 5.69 Å². The molecule has 0 aliphatic rings. The van der Waals surface area contributed by atoms with E-state index in [0.717, 1.165) is 0 Å². The molecule has 92 valence electrons. The Morgan fingerprint density at radius 2 is 1.83 bits per heavy atom. The highest BCUT2D eigenvalue weighted by molar-refractivity contribution is 6.01. The number of halogens is 2. The lowest BCUT2D eigenvalue weighted by molar-refractivity contribution is 0.0993. The molecular weight excluding hydrogens is 236 g/mol. The summed E-state index contributed by atoms with van der Waals surface area (Å²) < 4.78 is 26.2. The number of carbonyl (C=O) groups is 1. The van der Waals surface area contributed by atoms with Crippen molar-refractivity contribution in [2.75, 3.05) is 5.73 Å². The first-order chi connectivity index (χ1) is 8.58. The first-order valence-electron chi connectivity index (χ1n) is 5.39. The number of carbonyl (C=O) groups excluding carboxylic acids is 1. The summed E-state index contributed by atoms with van der Waals surface area (Å²) in [4.78, 5) is 11.9. The van der Waals surface area contributed by atoms with Gasteiger partial charge in [0.25, 0.3) is 0 Å². The second-order valence-electron chi connectivity index (χ2n) is 3.93. The topological polar surface area (TPSA) is 43.1 Å². The van der Waals surface area contributed by atoms with Crippen molar-refractivity contribution in [3.63, 3.8) is 0 Å². The van der Waals surface area contributed by atoms with Crippen LogP contribution >= 0.6 is 0 Å². The van der Waals surface area contributed by atoms with E-state index in [1.807, 2.05) is 0 Å². The number of Topliss-reactive ketones (excluding diaryl/α,β-unsaturated/α-hetero) is 1. The van der Waals surface area contributed by atoms with E-state index < -0.39 is 11.6 Å². The number of hydrogen-bond acceptors (Lipinski definition) is 2. The number of nitrogen functional groups attached to an aromatic ring is 1. The van der Waals surface area contributed by atoms with Crippen LogP contribution in [0.3, 0.4) is 0 Å². The highest BCUT2D eigenvalue weighted by atomic mass is 19.1. The van der Waals surface area contributed by atoms with E-state index >= 15 is 0 Å². The van der Waals surface area contributed by atoms with E-state index in [4.69, 9.17) is 5.73 Å². The van der Waals surface area contributed by atoms with Crippen LogP contribution in [0, 0.1) is 11.6 Å². The first-order valence-corrected chi connectivity index (χ1v) is 5.39. The number of nitrogens with two attached hydrogens (primary N) is 1. The number of para-hydroxylation sites is 1. The average molecular weight is 247 g/mol. The first kappa shape index (κ1) is 12.2. The van der Waals surface area contributed by atoms with Gasteiger partial charge in [-0.15, -0.1) is 0 Å². The predicted octanol–water partition coefficient (Wildman–Crippen LogP) is 2.97. The van der Waals surface area contributed by atoms with Gasteiger partial charge in [-0.05, 0) is 29.8 Å². The Kier molecular flexibility index (Phi) is 3.37. The molecule has 2 aromatic carbocycles. The second kappa shape index (κ2) is 4.96. The third kappa shape index (κ3) is 2.53. The molecule has 0 atom stereocenters. The van der Waals surface area contributed by atoms with Crippen LogP contribution in [0.2, 0.25) is 0 Å². The van der Waals surface area contributed by atoms with Crippen molar-refractivity contribution in [2.45, 2.75) is 6.42 Å². The zero-order valence-corrected chi connectivity index (χ0v) is 9.49. The van der Waals surface area contributed by atoms with Crippen molar-refractivity contribution in [2.24, 2.45) is 0 Å². The van der Waals surface area contributed by atoms with Crippen LogP contribution in [0.15, 0.2) is 42.5 Å². The number of anilines is 1. The number of benzene rings is 2. The molecule has 18 heavy (non-hydrogen) atoms. The lowest BCUT2D eigenvalue weighted by atomic mass is 10.0. The van der Waals surface area contributed by atoms with Crippen molar-refractivity contribution in [1.29, 1.82) is 0 Å². The Morgan fingerprint density at radius 3 is 2.56 bits per heavy atom. The molecule has 0 spiro atoms. The van der Waals surface area contributed by atoms with Crippen LogP contribution in [0.1, 0.15) is 15.9 Å². The Balaban J connectivity index is 2.25. The molecule has 0 aliphatic heterocycles. The molecule has 0 amide bonds. The van der Waals surface area contributed by atoms with Gasteiger partial charge in [-0.1, -0.05) is 18.2 Å². The minimum absolute atomic E-state index is 0.00852. The standard InChI is InChI=1S/C14H11F2NO/c15-10-4-1-3-9(7-10)8-13(18)11-5-2-6-12(16)14(11)17/h1-7H,8,17H2. The molecule has 2 nitrogen and oxygen atoms in total. The smallest absolute Gasteiger partial charge is 0.169 e. The summed E-state index contributed by atoms with van der Waals surface area (Å²) in [6.07, 6.45) is -0.00852. The average Bonchev–Trinajstić information content (AvgIpc) is 2.32. The van der Waals surface area contributed by atoms with Gasteiger partial charge < -0.3 is 5.73 Å². The molecule has 0 saturated carbocycles. The van der Waals surface area contributed by atoms with Crippen LogP contribution in [0.5, 0.6) is 0 Å². The maximum atomic E-state index is 13.2. The van der Waals surface area contributed by atoms with Crippen LogP contribution < -0.4 is 5.73 Å². The van der Waals surface area contributed by atoms with E-state index in [1.165, 1.54) is 36.4 Å². The summed E-state index contributed by atoms with van der Waals surface area (Å²) in [5.74, 6) is -1.37. The van der Waals surface area contributed by atoms with Gasteiger partial charge in [0, 0.05) is 12.0 Å². The van der Waals surface area contributed by atoms with Crippen LogP contribution in [-0.2, 0) is 6.42 Å². The molecule has 2 N–H and O–H groups in total. The molecule has 2 aromatic rings. The van der Waals surface area contributed by atoms with Crippen molar-refractivity contribution >= 4 is 11.5 Å². The molecule has 4 heteroatoms. The van der Waals surface area contributed by atoms with Crippen molar-refractivity contribution in [1.82, 2.24) is 0 Å².